The molecule has 0 aliphatic carbocycles. The number of sulfonamides is 1. The topological polar surface area (TPSA) is 98.5 Å². The van der Waals surface area contributed by atoms with Gasteiger partial charge in [-0.25, -0.2) is 13.6 Å². The number of nitrogens with one attached hydrogen (secondary N) is 1. The summed E-state index contributed by atoms with van der Waals surface area (Å²) >= 11 is 0. The van der Waals surface area contributed by atoms with E-state index in [0.717, 1.165) is 0 Å². The zero-order valence-electron chi connectivity index (χ0n) is 11.8. The number of amides is 1. The highest BCUT2D eigenvalue weighted by molar-refractivity contribution is 7.89. The summed E-state index contributed by atoms with van der Waals surface area (Å²) in [5.74, 6) is 0.240. The molecule has 0 aliphatic rings. The molecule has 0 saturated carbocycles. The molecule has 0 radical (unpaired) electrons. The Hall–Kier alpha value is -1.60. The smallest absolute Gasteiger partial charge is 0.255 e. The fraction of sp³-hybridized carbons (Fsp3) is 0.462. The summed E-state index contributed by atoms with van der Waals surface area (Å²) in [5.41, 5.74) is 0.166. The molecule has 0 heterocycles. The molecule has 1 rings (SSSR count). The van der Waals surface area contributed by atoms with Crippen LogP contribution in [-0.4, -0.2) is 27.5 Å². The molecule has 0 aliphatic heterocycles. The minimum Gasteiger partial charge on any atom is -0.493 e. The molecule has 20 heavy (non-hydrogen) atoms. The number of carbonyl (C=O) groups is 1. The summed E-state index contributed by atoms with van der Waals surface area (Å²) < 4.78 is 28.0. The molecule has 1 amide bonds. The van der Waals surface area contributed by atoms with Crippen LogP contribution in [0.25, 0.3) is 0 Å². The molecule has 0 aromatic heterocycles. The second-order valence-corrected chi connectivity index (χ2v) is 6.30. The van der Waals surface area contributed by atoms with Crippen molar-refractivity contribution in [2.75, 3.05) is 13.2 Å². The number of rotatable bonds is 6. The maximum absolute atomic E-state index is 12.1. The first kappa shape index (κ1) is 16.5. The molecule has 7 heteroatoms. The van der Waals surface area contributed by atoms with E-state index in [1.165, 1.54) is 18.2 Å². The summed E-state index contributed by atoms with van der Waals surface area (Å²) in [6, 6.07) is 3.99. The van der Waals surface area contributed by atoms with Crippen LogP contribution in [0.4, 0.5) is 0 Å². The number of primary sulfonamides is 1. The minimum atomic E-state index is -3.86. The van der Waals surface area contributed by atoms with E-state index in [-0.39, 0.29) is 22.3 Å². The molecule has 0 spiro atoms. The van der Waals surface area contributed by atoms with E-state index in [4.69, 9.17) is 9.88 Å². The molecule has 1 aromatic rings. The summed E-state index contributed by atoms with van der Waals surface area (Å²) in [7, 11) is -3.86. The Morgan fingerprint density at radius 3 is 2.55 bits per heavy atom. The van der Waals surface area contributed by atoms with Gasteiger partial charge in [-0.1, -0.05) is 13.8 Å². The van der Waals surface area contributed by atoms with Crippen LogP contribution in [0.2, 0.25) is 0 Å². The van der Waals surface area contributed by atoms with Crippen molar-refractivity contribution in [1.82, 2.24) is 5.32 Å². The Labute approximate surface area is 119 Å². The van der Waals surface area contributed by atoms with Gasteiger partial charge in [0.25, 0.3) is 5.91 Å². The third-order valence-electron chi connectivity index (χ3n) is 2.49. The van der Waals surface area contributed by atoms with Gasteiger partial charge in [0, 0.05) is 6.54 Å². The van der Waals surface area contributed by atoms with Gasteiger partial charge in [0.05, 0.1) is 17.1 Å². The van der Waals surface area contributed by atoms with Crippen LogP contribution in [-0.2, 0) is 10.0 Å². The van der Waals surface area contributed by atoms with Crippen LogP contribution >= 0.6 is 0 Å². The second-order valence-electron chi connectivity index (χ2n) is 4.74. The van der Waals surface area contributed by atoms with Crippen molar-refractivity contribution in [1.29, 1.82) is 0 Å². The van der Waals surface area contributed by atoms with Crippen molar-refractivity contribution >= 4 is 15.9 Å². The highest BCUT2D eigenvalue weighted by Gasteiger charge is 2.17. The van der Waals surface area contributed by atoms with Crippen LogP contribution < -0.4 is 15.2 Å². The van der Waals surface area contributed by atoms with E-state index in [1.54, 1.807) is 6.92 Å². The summed E-state index contributed by atoms with van der Waals surface area (Å²) in [4.78, 5) is 12.0. The zero-order valence-corrected chi connectivity index (χ0v) is 12.7. The second kappa shape index (κ2) is 6.71. The monoisotopic (exact) mass is 300 g/mol. The molecule has 0 bridgehead atoms. The number of carbonyl (C=O) groups excluding carboxylic acids is 1. The van der Waals surface area contributed by atoms with Crippen LogP contribution in [0.15, 0.2) is 23.1 Å². The minimum absolute atomic E-state index is 0.115. The van der Waals surface area contributed by atoms with Crippen molar-refractivity contribution in [3.8, 4) is 5.75 Å². The average Bonchev–Trinajstić information content (AvgIpc) is 2.35. The lowest BCUT2D eigenvalue weighted by atomic mass is 10.1. The third kappa shape index (κ3) is 4.50. The van der Waals surface area contributed by atoms with Gasteiger partial charge in [-0.05, 0) is 31.0 Å². The van der Waals surface area contributed by atoms with Gasteiger partial charge in [0.1, 0.15) is 5.75 Å². The maximum Gasteiger partial charge on any atom is 0.255 e. The van der Waals surface area contributed by atoms with E-state index in [1.807, 2.05) is 13.8 Å². The number of ether oxygens (including phenoxy) is 1. The van der Waals surface area contributed by atoms with Crippen molar-refractivity contribution in [3.63, 3.8) is 0 Å². The van der Waals surface area contributed by atoms with Gasteiger partial charge >= 0.3 is 0 Å². The molecule has 1 aromatic carbocycles. The quantitative estimate of drug-likeness (QED) is 0.822. The first-order chi connectivity index (χ1) is 9.25. The predicted octanol–water partition coefficient (Wildman–Crippen LogP) is 1.12. The number of benzene rings is 1. The molecule has 6 nitrogen and oxygen atoms in total. The van der Waals surface area contributed by atoms with E-state index in [9.17, 15) is 13.2 Å². The van der Waals surface area contributed by atoms with Gasteiger partial charge in [-0.2, -0.15) is 0 Å². The Bertz CT molecular complexity index is 582. The Kier molecular flexibility index (Phi) is 5.52. The lowest BCUT2D eigenvalue weighted by molar-refractivity contribution is 0.0945. The van der Waals surface area contributed by atoms with Gasteiger partial charge in [-0.15, -0.1) is 0 Å². The summed E-state index contributed by atoms with van der Waals surface area (Å²) in [5, 5.41) is 7.79. The van der Waals surface area contributed by atoms with E-state index >= 15 is 0 Å². The largest absolute Gasteiger partial charge is 0.493 e. The molecule has 3 N–H and O–H groups in total. The first-order valence-corrected chi connectivity index (χ1v) is 7.88. The Balaban J connectivity index is 3.15. The highest BCUT2D eigenvalue weighted by atomic mass is 32.2. The maximum atomic E-state index is 12.1. The molecular weight excluding hydrogens is 280 g/mol. The standard InChI is InChI=1S/C13H20N2O4S/c1-4-19-12-6-5-10(20(14,17)18)7-11(12)13(16)15-8-9(2)3/h5-7,9H,4,8H2,1-3H3,(H,15,16)(H2,14,17,18). The van der Waals surface area contributed by atoms with Crippen LogP contribution in [0.1, 0.15) is 31.1 Å². The highest BCUT2D eigenvalue weighted by Crippen LogP contribution is 2.22. The van der Waals surface area contributed by atoms with Gasteiger partial charge in [0.15, 0.2) is 0 Å². The van der Waals surface area contributed by atoms with Gasteiger partial charge < -0.3 is 10.1 Å². The van der Waals surface area contributed by atoms with Gasteiger partial charge in [0.2, 0.25) is 10.0 Å². The lowest BCUT2D eigenvalue weighted by Crippen LogP contribution is -2.28. The van der Waals surface area contributed by atoms with Crippen molar-refractivity contribution in [2.24, 2.45) is 11.1 Å². The summed E-state index contributed by atoms with van der Waals surface area (Å²) in [6.45, 7) is 6.57. The average molecular weight is 300 g/mol. The van der Waals surface area contributed by atoms with E-state index in [0.29, 0.717) is 18.9 Å². The molecule has 0 atom stereocenters. The summed E-state index contributed by atoms with van der Waals surface area (Å²) in [6.07, 6.45) is 0. The van der Waals surface area contributed by atoms with E-state index < -0.39 is 10.0 Å². The molecule has 0 saturated heterocycles. The Morgan fingerprint density at radius 2 is 2.05 bits per heavy atom. The van der Waals surface area contributed by atoms with Crippen molar-refractivity contribution < 1.29 is 17.9 Å². The van der Waals surface area contributed by atoms with Gasteiger partial charge in [-0.3, -0.25) is 4.79 Å². The Morgan fingerprint density at radius 1 is 1.40 bits per heavy atom. The normalized spacial score (nSPS) is 11.4. The fourth-order valence-electron chi connectivity index (χ4n) is 1.54. The lowest BCUT2D eigenvalue weighted by Gasteiger charge is -2.13. The van der Waals surface area contributed by atoms with Crippen molar-refractivity contribution in [3.05, 3.63) is 23.8 Å². The predicted molar refractivity (Wildman–Crippen MR) is 76.2 cm³/mol. The fourth-order valence-corrected chi connectivity index (χ4v) is 2.08. The van der Waals surface area contributed by atoms with Crippen LogP contribution in [0, 0.1) is 5.92 Å². The van der Waals surface area contributed by atoms with Crippen molar-refractivity contribution in [2.45, 2.75) is 25.7 Å². The van der Waals surface area contributed by atoms with Crippen LogP contribution in [0.5, 0.6) is 5.75 Å². The number of nitrogens with two attached hydrogens (primary N) is 1. The zero-order chi connectivity index (χ0) is 15.3. The molecular formula is C13H20N2O4S. The SMILES string of the molecule is CCOc1ccc(S(N)(=O)=O)cc1C(=O)NCC(C)C. The first-order valence-electron chi connectivity index (χ1n) is 6.33. The molecule has 0 unspecified atom stereocenters. The molecule has 0 fully saturated rings. The van der Waals surface area contributed by atoms with E-state index in [2.05, 4.69) is 5.32 Å². The third-order valence-corrected chi connectivity index (χ3v) is 3.41. The van der Waals surface area contributed by atoms with Crippen LogP contribution in [0.3, 0.4) is 0 Å². The molecule has 112 valence electrons. The number of hydrogen-bond donors (Lipinski definition) is 2. The number of hydrogen-bond acceptors (Lipinski definition) is 4.